The first-order valence-electron chi connectivity index (χ1n) is 13.0. The number of fused-ring (bicyclic) bond motifs is 1. The summed E-state index contributed by atoms with van der Waals surface area (Å²) in [4.78, 5) is 43.5. The van der Waals surface area contributed by atoms with Crippen LogP contribution < -0.4 is 16.6 Å². The molecule has 1 aliphatic rings. The van der Waals surface area contributed by atoms with Gasteiger partial charge in [-0.25, -0.2) is 4.79 Å². The van der Waals surface area contributed by atoms with Crippen LogP contribution in [0.15, 0.2) is 82.2 Å². The Morgan fingerprint density at radius 1 is 0.897 bits per heavy atom. The van der Waals surface area contributed by atoms with E-state index >= 15 is 0 Å². The highest BCUT2D eigenvalue weighted by molar-refractivity contribution is 6.05. The maximum atomic E-state index is 13.9. The molecule has 0 saturated carbocycles. The summed E-state index contributed by atoms with van der Waals surface area (Å²) in [6.45, 7) is 8.01. The Bertz CT molecular complexity index is 1440. The van der Waals surface area contributed by atoms with Gasteiger partial charge in [0.25, 0.3) is 11.5 Å². The van der Waals surface area contributed by atoms with Gasteiger partial charge in [-0.15, -0.1) is 0 Å². The minimum Gasteiger partial charge on any atom is -0.462 e. The number of rotatable bonds is 6. The minimum absolute atomic E-state index is 0. The monoisotopic (exact) mass is 532 g/mol. The molecule has 0 bridgehead atoms. The third-order valence-electron chi connectivity index (χ3n) is 6.42. The minimum atomic E-state index is -0.640. The van der Waals surface area contributed by atoms with Gasteiger partial charge >= 0.3 is 5.97 Å². The number of anilines is 1. The van der Waals surface area contributed by atoms with Gasteiger partial charge in [0.05, 0.1) is 30.6 Å². The molecule has 4 aromatic rings. The highest BCUT2D eigenvalue weighted by Crippen LogP contribution is 2.31. The van der Waals surface area contributed by atoms with E-state index < -0.39 is 5.97 Å². The van der Waals surface area contributed by atoms with Gasteiger partial charge in [-0.3, -0.25) is 9.59 Å². The molecule has 0 atom stereocenters. The summed E-state index contributed by atoms with van der Waals surface area (Å²) in [5, 5.41) is 0.793. The number of aromatic nitrogens is 1. The van der Waals surface area contributed by atoms with Crippen molar-refractivity contribution in [1.82, 2.24) is 15.6 Å². The molecule has 1 fully saturated rings. The smallest absolute Gasteiger partial charge is 0.345 e. The molecule has 39 heavy (non-hydrogen) atoms. The molecule has 2 aromatic heterocycles. The summed E-state index contributed by atoms with van der Waals surface area (Å²) in [6, 6.07) is 20.6. The molecule has 3 N–H and O–H groups in total. The lowest BCUT2D eigenvalue weighted by Crippen LogP contribution is -2.49. The van der Waals surface area contributed by atoms with E-state index in [4.69, 9.17) is 9.15 Å². The van der Waals surface area contributed by atoms with Crippen molar-refractivity contribution < 1.29 is 18.7 Å². The van der Waals surface area contributed by atoms with E-state index in [-0.39, 0.29) is 29.8 Å². The number of esters is 1. The van der Waals surface area contributed by atoms with Crippen molar-refractivity contribution in [2.45, 2.75) is 27.3 Å². The predicted molar refractivity (Wildman–Crippen MR) is 153 cm³/mol. The lowest BCUT2D eigenvalue weighted by Gasteiger charge is -2.37. The van der Waals surface area contributed by atoms with Gasteiger partial charge in [0.2, 0.25) is 0 Å². The third-order valence-corrected chi connectivity index (χ3v) is 6.42. The van der Waals surface area contributed by atoms with Crippen molar-refractivity contribution >= 4 is 28.5 Å². The second kappa shape index (κ2) is 13.4. The first-order valence-corrected chi connectivity index (χ1v) is 13.0. The summed E-state index contributed by atoms with van der Waals surface area (Å²) in [6.07, 6.45) is 1.48. The number of carbonyl (C=O) groups excluding carboxylic acids is 2. The van der Waals surface area contributed by atoms with Crippen molar-refractivity contribution in [1.29, 1.82) is 0 Å². The molecule has 0 radical (unpaired) electrons. The zero-order valence-electron chi connectivity index (χ0n) is 22.8. The summed E-state index contributed by atoms with van der Waals surface area (Å²) in [7, 11) is 0. The molecule has 0 spiro atoms. The van der Waals surface area contributed by atoms with E-state index in [1.165, 1.54) is 6.26 Å². The number of para-hydroxylation sites is 1. The number of furan rings is 1. The lowest BCUT2D eigenvalue weighted by atomic mass is 10.0. The van der Waals surface area contributed by atoms with Gasteiger partial charge in [-0.05, 0) is 30.7 Å². The molecule has 3 heterocycles. The zero-order chi connectivity index (χ0) is 27.1. The molecule has 9 nitrogen and oxygen atoms in total. The first kappa shape index (κ1) is 29.2. The van der Waals surface area contributed by atoms with Crippen LogP contribution in [-0.2, 0) is 11.3 Å². The van der Waals surface area contributed by atoms with Crippen molar-refractivity contribution in [3.05, 3.63) is 100 Å². The van der Waals surface area contributed by atoms with E-state index in [1.807, 2.05) is 73.3 Å². The standard InChI is InChI=1S/C28H27N3O5.C2H6.H3N/c1-2-35-28(34)24-25(29-14-16-30(17-15-29)26(32)23-13-8-18-36-23)21-11-6-7-12-22(21)31(27(24)33)19-20-9-4-3-5-10-20;1-2;/h3-13,18H,2,14-17,19H2,1H3;1-2H3;1H3. The van der Waals surface area contributed by atoms with Crippen LogP contribution in [0.5, 0.6) is 0 Å². The lowest BCUT2D eigenvalue weighted by molar-refractivity contribution is 0.0523. The summed E-state index contributed by atoms with van der Waals surface area (Å²) in [5.41, 5.74) is 1.89. The number of ether oxygens (including phenoxy) is 1. The van der Waals surface area contributed by atoms with Gasteiger partial charge in [-0.1, -0.05) is 62.4 Å². The largest absolute Gasteiger partial charge is 0.462 e. The van der Waals surface area contributed by atoms with Gasteiger partial charge in [0.15, 0.2) is 5.76 Å². The molecule has 9 heteroatoms. The highest BCUT2D eigenvalue weighted by Gasteiger charge is 2.30. The number of benzene rings is 2. The second-order valence-electron chi connectivity index (χ2n) is 8.59. The molecule has 0 unspecified atom stereocenters. The van der Waals surface area contributed by atoms with Crippen molar-refractivity contribution in [2.24, 2.45) is 0 Å². The molecule has 2 aromatic carbocycles. The fraction of sp³-hybridized carbons (Fsp3) is 0.300. The Balaban J connectivity index is 0.00000137. The van der Waals surface area contributed by atoms with E-state index in [9.17, 15) is 14.4 Å². The quantitative estimate of drug-likeness (QED) is 0.348. The number of piperazine rings is 1. The Hall–Kier alpha value is -4.37. The van der Waals surface area contributed by atoms with E-state index in [1.54, 1.807) is 28.5 Å². The number of hydrogen-bond donors (Lipinski definition) is 1. The second-order valence-corrected chi connectivity index (χ2v) is 8.59. The van der Waals surface area contributed by atoms with Crippen LogP contribution >= 0.6 is 0 Å². The Morgan fingerprint density at radius 2 is 1.56 bits per heavy atom. The van der Waals surface area contributed by atoms with Crippen LogP contribution in [0, 0.1) is 0 Å². The highest BCUT2D eigenvalue weighted by atomic mass is 16.5. The molecule has 206 valence electrons. The number of amides is 1. The maximum absolute atomic E-state index is 13.9. The Morgan fingerprint density at radius 3 is 2.21 bits per heavy atom. The molecular weight excluding hydrogens is 496 g/mol. The molecule has 1 amide bonds. The normalized spacial score (nSPS) is 12.8. The summed E-state index contributed by atoms with van der Waals surface area (Å²) in [5.74, 6) is -0.516. The van der Waals surface area contributed by atoms with Gasteiger partial charge in [0.1, 0.15) is 5.56 Å². The zero-order valence-corrected chi connectivity index (χ0v) is 22.8. The van der Waals surface area contributed by atoms with Crippen molar-refractivity contribution in [2.75, 3.05) is 37.7 Å². The fourth-order valence-electron chi connectivity index (χ4n) is 4.72. The predicted octanol–water partition coefficient (Wildman–Crippen LogP) is 4.97. The Labute approximate surface area is 228 Å². The summed E-state index contributed by atoms with van der Waals surface area (Å²) >= 11 is 0. The van der Waals surface area contributed by atoms with E-state index in [2.05, 4.69) is 0 Å². The van der Waals surface area contributed by atoms with Gasteiger partial charge in [-0.2, -0.15) is 0 Å². The third kappa shape index (κ3) is 6.04. The SMILES string of the molecule is CC.CCOC(=O)c1c(N2CCN(C(=O)c3ccco3)CC2)c2ccccc2n(Cc2ccccc2)c1=O.N. The van der Waals surface area contributed by atoms with Gasteiger partial charge in [0, 0.05) is 31.6 Å². The molecule has 1 saturated heterocycles. The number of nitrogens with zero attached hydrogens (tertiary/aromatic N) is 3. The number of pyridine rings is 1. The van der Waals surface area contributed by atoms with E-state index in [0.29, 0.717) is 44.2 Å². The molecule has 5 rings (SSSR count). The molecular formula is C30H36N4O5. The van der Waals surface area contributed by atoms with Gasteiger partial charge < -0.3 is 29.7 Å². The van der Waals surface area contributed by atoms with Crippen LogP contribution in [0.2, 0.25) is 0 Å². The average molecular weight is 533 g/mol. The Kier molecular flexibility index (Phi) is 10.1. The van der Waals surface area contributed by atoms with Crippen LogP contribution in [0.25, 0.3) is 10.9 Å². The van der Waals surface area contributed by atoms with Crippen LogP contribution in [0.4, 0.5) is 5.69 Å². The number of hydrogen-bond acceptors (Lipinski definition) is 7. The fourth-order valence-corrected chi connectivity index (χ4v) is 4.72. The average Bonchev–Trinajstić information content (AvgIpc) is 3.51. The van der Waals surface area contributed by atoms with E-state index in [0.717, 1.165) is 16.5 Å². The first-order chi connectivity index (χ1) is 18.6. The van der Waals surface area contributed by atoms with Crippen molar-refractivity contribution in [3.8, 4) is 0 Å². The van der Waals surface area contributed by atoms with Crippen LogP contribution in [0.3, 0.4) is 0 Å². The topological polar surface area (TPSA) is 120 Å². The number of carbonyl (C=O) groups is 2. The molecule has 0 aliphatic carbocycles. The van der Waals surface area contributed by atoms with Crippen molar-refractivity contribution in [3.63, 3.8) is 0 Å². The summed E-state index contributed by atoms with van der Waals surface area (Å²) < 4.78 is 12.2. The van der Waals surface area contributed by atoms with Crippen LogP contribution in [0.1, 0.15) is 47.2 Å². The maximum Gasteiger partial charge on any atom is 0.345 e. The molecule has 1 aliphatic heterocycles. The van der Waals surface area contributed by atoms with Crippen LogP contribution in [-0.4, -0.2) is 54.1 Å².